The minimum Gasteiger partial charge on any atom is -0.397 e. The highest BCUT2D eigenvalue weighted by Gasteiger charge is 2.36. The fraction of sp³-hybridized carbons (Fsp3) is 0.500. The monoisotopic (exact) mass is 269 g/mol. The van der Waals surface area contributed by atoms with Gasteiger partial charge in [0.25, 0.3) is 0 Å². The molecule has 2 rings (SSSR count). The van der Waals surface area contributed by atoms with Crippen molar-refractivity contribution in [2.45, 2.75) is 24.7 Å². The summed E-state index contributed by atoms with van der Waals surface area (Å²) >= 11 is 0. The number of nitrogen functional groups attached to an aromatic ring is 1. The van der Waals surface area contributed by atoms with Crippen molar-refractivity contribution in [3.63, 3.8) is 0 Å². The van der Waals surface area contributed by atoms with E-state index in [4.69, 9.17) is 5.73 Å². The van der Waals surface area contributed by atoms with Gasteiger partial charge in [-0.1, -0.05) is 6.92 Å². The lowest BCUT2D eigenvalue weighted by Gasteiger charge is -2.14. The molecular formula is C12H19N3O2S. The summed E-state index contributed by atoms with van der Waals surface area (Å²) in [5.41, 5.74) is 7.43. The quantitative estimate of drug-likeness (QED) is 0.705. The molecule has 0 aliphatic heterocycles. The van der Waals surface area contributed by atoms with Gasteiger partial charge in [0.05, 0.1) is 16.3 Å². The van der Waals surface area contributed by atoms with Crippen molar-refractivity contribution >= 4 is 21.4 Å². The van der Waals surface area contributed by atoms with Crippen LogP contribution in [0.2, 0.25) is 0 Å². The predicted octanol–water partition coefficient (Wildman–Crippen LogP) is 1.39. The molecule has 0 atom stereocenters. The van der Waals surface area contributed by atoms with Gasteiger partial charge in [0.1, 0.15) is 0 Å². The van der Waals surface area contributed by atoms with Gasteiger partial charge < -0.3 is 11.1 Å². The minimum atomic E-state index is -3.42. The van der Waals surface area contributed by atoms with Crippen LogP contribution in [-0.4, -0.2) is 22.0 Å². The van der Waals surface area contributed by atoms with Gasteiger partial charge in [-0.3, -0.25) is 0 Å². The van der Waals surface area contributed by atoms with Gasteiger partial charge in [-0.2, -0.15) is 0 Å². The van der Waals surface area contributed by atoms with E-state index in [1.54, 1.807) is 12.1 Å². The second-order valence-corrected chi connectivity index (χ2v) is 7.01. The first-order valence-corrected chi connectivity index (χ1v) is 7.42. The number of nitrogens with two attached hydrogens (primary N) is 1. The largest absolute Gasteiger partial charge is 0.397 e. The van der Waals surface area contributed by atoms with Crippen LogP contribution >= 0.6 is 0 Å². The number of anilines is 2. The van der Waals surface area contributed by atoms with Crippen molar-refractivity contribution in [2.24, 2.45) is 5.41 Å². The minimum absolute atomic E-state index is 0.225. The van der Waals surface area contributed by atoms with Crippen LogP contribution in [0.4, 0.5) is 11.4 Å². The van der Waals surface area contributed by atoms with Crippen LogP contribution in [0.3, 0.4) is 0 Å². The van der Waals surface area contributed by atoms with E-state index in [0.29, 0.717) is 16.8 Å². The Bertz CT molecular complexity index is 550. The fourth-order valence-corrected chi connectivity index (χ4v) is 2.43. The second-order valence-electron chi connectivity index (χ2n) is 5.12. The molecule has 1 aliphatic carbocycles. The van der Waals surface area contributed by atoms with Crippen LogP contribution in [0.15, 0.2) is 23.1 Å². The molecule has 0 unspecified atom stereocenters. The Morgan fingerprint density at radius 1 is 1.39 bits per heavy atom. The van der Waals surface area contributed by atoms with Crippen LogP contribution in [0.1, 0.15) is 19.8 Å². The molecule has 100 valence electrons. The van der Waals surface area contributed by atoms with Crippen LogP contribution in [0, 0.1) is 5.41 Å². The summed E-state index contributed by atoms with van der Waals surface area (Å²) in [5, 5.41) is 3.23. The Morgan fingerprint density at radius 2 is 2.06 bits per heavy atom. The molecule has 1 aromatic rings. The maximum absolute atomic E-state index is 11.7. The molecule has 18 heavy (non-hydrogen) atoms. The van der Waals surface area contributed by atoms with Gasteiger partial charge in [0.15, 0.2) is 0 Å². The van der Waals surface area contributed by atoms with Gasteiger partial charge >= 0.3 is 0 Å². The van der Waals surface area contributed by atoms with Crippen LogP contribution in [0.25, 0.3) is 0 Å². The van der Waals surface area contributed by atoms with Gasteiger partial charge in [-0.05, 0) is 43.5 Å². The summed E-state index contributed by atoms with van der Waals surface area (Å²) in [7, 11) is -2.03. The van der Waals surface area contributed by atoms with Crippen molar-refractivity contribution in [2.75, 3.05) is 24.6 Å². The average Bonchev–Trinajstić information content (AvgIpc) is 3.06. The summed E-state index contributed by atoms with van der Waals surface area (Å²) < 4.78 is 25.7. The van der Waals surface area contributed by atoms with E-state index >= 15 is 0 Å². The lowest BCUT2D eigenvalue weighted by atomic mass is 10.1. The SMILES string of the molecule is CNS(=O)(=O)c1ccc(N)c(NCC2(C)CC2)c1. The zero-order valence-corrected chi connectivity index (χ0v) is 11.5. The third-order valence-corrected chi connectivity index (χ3v) is 4.82. The number of rotatable bonds is 5. The third-order valence-electron chi connectivity index (χ3n) is 3.41. The lowest BCUT2D eigenvalue weighted by Crippen LogP contribution is -2.19. The Hall–Kier alpha value is -1.27. The Labute approximate surface area is 108 Å². The predicted molar refractivity (Wildman–Crippen MR) is 72.9 cm³/mol. The summed E-state index contributed by atoms with van der Waals surface area (Å²) in [6.07, 6.45) is 2.41. The van der Waals surface area contributed by atoms with Crippen molar-refractivity contribution in [1.82, 2.24) is 4.72 Å². The number of sulfonamides is 1. The van der Waals surface area contributed by atoms with Gasteiger partial charge in [-0.15, -0.1) is 0 Å². The molecule has 0 saturated heterocycles. The Morgan fingerprint density at radius 3 is 2.61 bits per heavy atom. The highest BCUT2D eigenvalue weighted by molar-refractivity contribution is 7.89. The molecule has 1 fully saturated rings. The molecule has 6 heteroatoms. The van der Waals surface area contributed by atoms with Gasteiger partial charge in [-0.25, -0.2) is 13.1 Å². The maximum Gasteiger partial charge on any atom is 0.240 e. The molecule has 1 aliphatic rings. The Balaban J connectivity index is 2.21. The lowest BCUT2D eigenvalue weighted by molar-refractivity contribution is 0.588. The molecule has 0 bridgehead atoms. The number of nitrogens with one attached hydrogen (secondary N) is 2. The van der Waals surface area contributed by atoms with Crippen molar-refractivity contribution in [1.29, 1.82) is 0 Å². The third kappa shape index (κ3) is 2.76. The fourth-order valence-electron chi connectivity index (χ4n) is 1.67. The zero-order valence-electron chi connectivity index (χ0n) is 10.7. The number of hydrogen-bond donors (Lipinski definition) is 3. The van der Waals surface area contributed by atoms with Crippen molar-refractivity contribution < 1.29 is 8.42 Å². The zero-order chi connectivity index (χ0) is 13.4. The van der Waals surface area contributed by atoms with Crippen LogP contribution in [-0.2, 0) is 10.0 Å². The van der Waals surface area contributed by atoms with Crippen molar-refractivity contribution in [3.8, 4) is 0 Å². The van der Waals surface area contributed by atoms with E-state index in [1.165, 1.54) is 26.0 Å². The standard InChI is InChI=1S/C12H19N3O2S/c1-12(5-6-12)8-15-11-7-9(3-4-10(11)13)18(16,17)14-2/h3-4,7,14-15H,5-6,8,13H2,1-2H3. The molecule has 1 saturated carbocycles. The van der Waals surface area contributed by atoms with Gasteiger partial charge in [0.2, 0.25) is 10.0 Å². The smallest absolute Gasteiger partial charge is 0.240 e. The van der Waals surface area contributed by atoms with Crippen molar-refractivity contribution in [3.05, 3.63) is 18.2 Å². The topological polar surface area (TPSA) is 84.2 Å². The summed E-state index contributed by atoms with van der Waals surface area (Å²) in [4.78, 5) is 0.225. The van der Waals surface area contributed by atoms with Gasteiger partial charge in [0, 0.05) is 6.54 Å². The van der Waals surface area contributed by atoms with E-state index in [0.717, 1.165) is 6.54 Å². The van der Waals surface area contributed by atoms with E-state index < -0.39 is 10.0 Å². The highest BCUT2D eigenvalue weighted by atomic mass is 32.2. The molecule has 5 nitrogen and oxygen atoms in total. The molecule has 0 aromatic heterocycles. The molecule has 4 N–H and O–H groups in total. The molecule has 0 amide bonds. The first-order valence-electron chi connectivity index (χ1n) is 5.93. The molecule has 0 radical (unpaired) electrons. The first kappa shape index (κ1) is 13.2. The normalized spacial score (nSPS) is 17.4. The Kier molecular flexibility index (Phi) is 3.25. The summed E-state index contributed by atoms with van der Waals surface area (Å²) in [6, 6.07) is 4.69. The first-order chi connectivity index (χ1) is 8.36. The highest BCUT2D eigenvalue weighted by Crippen LogP contribution is 2.45. The summed E-state index contributed by atoms with van der Waals surface area (Å²) in [5.74, 6) is 0. The molecular weight excluding hydrogens is 250 g/mol. The average molecular weight is 269 g/mol. The van der Waals surface area contributed by atoms with Crippen LogP contribution < -0.4 is 15.8 Å². The van der Waals surface area contributed by atoms with E-state index in [9.17, 15) is 8.42 Å². The van der Waals surface area contributed by atoms with Crippen LogP contribution in [0.5, 0.6) is 0 Å². The maximum atomic E-state index is 11.7. The molecule has 1 aromatic carbocycles. The summed E-state index contributed by atoms with van der Waals surface area (Å²) in [6.45, 7) is 3.02. The second kappa shape index (κ2) is 4.44. The van der Waals surface area contributed by atoms with E-state index in [2.05, 4.69) is 17.0 Å². The van der Waals surface area contributed by atoms with E-state index in [-0.39, 0.29) is 4.90 Å². The molecule has 0 heterocycles. The molecule has 0 spiro atoms. The van der Waals surface area contributed by atoms with E-state index in [1.807, 2.05) is 0 Å². The number of hydrogen-bond acceptors (Lipinski definition) is 4. The number of benzene rings is 1.